The minimum atomic E-state index is -4.08. The number of rotatable bonds is 10. The molecular weight excluding hydrogens is 476 g/mol. The second-order valence-corrected chi connectivity index (χ2v) is 9.47. The molecule has 1 aliphatic heterocycles. The van der Waals surface area contributed by atoms with Crippen LogP contribution in [0, 0.1) is 0 Å². The van der Waals surface area contributed by atoms with Gasteiger partial charge in [0.2, 0.25) is 11.8 Å². The number of hydrogen-bond acceptors (Lipinski definition) is 8. The Morgan fingerprint density at radius 3 is 2.20 bits per heavy atom. The molecule has 1 fully saturated rings. The Kier molecular flexibility index (Phi) is 8.90. The van der Waals surface area contributed by atoms with Gasteiger partial charge in [0.1, 0.15) is 16.4 Å². The molecule has 1 saturated heterocycles. The first-order valence-corrected chi connectivity index (χ1v) is 12.5. The van der Waals surface area contributed by atoms with Crippen LogP contribution >= 0.6 is 0 Å². The summed E-state index contributed by atoms with van der Waals surface area (Å²) in [7, 11) is -1.35. The topological polar surface area (TPSA) is 135 Å². The Morgan fingerprint density at radius 2 is 1.60 bits per heavy atom. The summed E-state index contributed by atoms with van der Waals surface area (Å²) in [5, 5.41) is 5.36. The van der Waals surface area contributed by atoms with E-state index in [1.807, 2.05) is 0 Å². The molecule has 1 aliphatic rings. The van der Waals surface area contributed by atoms with Gasteiger partial charge in [0.15, 0.2) is 0 Å². The predicted molar refractivity (Wildman–Crippen MR) is 132 cm³/mol. The van der Waals surface area contributed by atoms with Crippen molar-refractivity contribution in [2.24, 2.45) is 0 Å². The van der Waals surface area contributed by atoms with E-state index in [2.05, 4.69) is 20.3 Å². The molecule has 0 aliphatic carbocycles. The molecular formula is C23H30N4O7S. The summed E-state index contributed by atoms with van der Waals surface area (Å²) in [5.74, 6) is -0.206. The second kappa shape index (κ2) is 11.9. The zero-order valence-electron chi connectivity index (χ0n) is 19.9. The highest BCUT2D eigenvalue weighted by molar-refractivity contribution is 7.92. The van der Waals surface area contributed by atoms with Crippen LogP contribution in [-0.2, 0) is 24.3 Å². The van der Waals surface area contributed by atoms with Crippen molar-refractivity contribution in [3.8, 4) is 11.5 Å². The van der Waals surface area contributed by atoms with Crippen molar-refractivity contribution in [2.75, 3.05) is 62.4 Å². The van der Waals surface area contributed by atoms with Crippen molar-refractivity contribution in [1.82, 2.24) is 4.90 Å². The molecule has 0 spiro atoms. The number of carbonyl (C=O) groups excluding carboxylic acids is 2. The summed E-state index contributed by atoms with van der Waals surface area (Å²) in [5.41, 5.74) is 1.03. The first-order valence-electron chi connectivity index (χ1n) is 11.0. The van der Waals surface area contributed by atoms with Gasteiger partial charge in [0.25, 0.3) is 10.0 Å². The molecule has 1 heterocycles. The van der Waals surface area contributed by atoms with Crippen molar-refractivity contribution in [3.05, 3.63) is 36.4 Å². The summed E-state index contributed by atoms with van der Waals surface area (Å²) in [4.78, 5) is 25.8. The zero-order chi connectivity index (χ0) is 25.4. The highest BCUT2D eigenvalue weighted by atomic mass is 32.2. The maximum Gasteiger partial charge on any atom is 0.265 e. The number of benzene rings is 2. The Balaban J connectivity index is 1.68. The molecule has 0 radical (unpaired) electrons. The van der Waals surface area contributed by atoms with Crippen LogP contribution in [0.4, 0.5) is 17.1 Å². The Hall–Kier alpha value is -3.35. The maximum atomic E-state index is 13.1. The molecule has 2 amide bonds. The molecule has 0 saturated carbocycles. The molecule has 3 N–H and O–H groups in total. The van der Waals surface area contributed by atoms with Crippen molar-refractivity contribution < 1.29 is 32.2 Å². The quantitative estimate of drug-likeness (QED) is 0.446. The third-order valence-electron chi connectivity index (χ3n) is 5.27. The van der Waals surface area contributed by atoms with Gasteiger partial charge < -0.3 is 24.8 Å². The number of methoxy groups -OCH3 is 2. The van der Waals surface area contributed by atoms with Gasteiger partial charge in [-0.05, 0) is 30.3 Å². The Labute approximate surface area is 204 Å². The third-order valence-corrected chi connectivity index (χ3v) is 6.67. The van der Waals surface area contributed by atoms with E-state index in [0.717, 1.165) is 13.1 Å². The molecule has 11 nitrogen and oxygen atoms in total. The maximum absolute atomic E-state index is 13.1. The van der Waals surface area contributed by atoms with Crippen molar-refractivity contribution >= 4 is 38.9 Å². The lowest BCUT2D eigenvalue weighted by Gasteiger charge is -2.26. The lowest BCUT2D eigenvalue weighted by molar-refractivity contribution is -0.117. The fourth-order valence-corrected chi connectivity index (χ4v) is 4.74. The predicted octanol–water partition coefficient (Wildman–Crippen LogP) is 2.12. The smallest absolute Gasteiger partial charge is 0.265 e. The molecule has 0 bridgehead atoms. The average molecular weight is 507 g/mol. The van der Waals surface area contributed by atoms with E-state index >= 15 is 0 Å². The largest absolute Gasteiger partial charge is 0.495 e. The van der Waals surface area contributed by atoms with Gasteiger partial charge in [-0.1, -0.05) is 0 Å². The van der Waals surface area contributed by atoms with E-state index in [1.54, 1.807) is 24.3 Å². The molecule has 35 heavy (non-hydrogen) atoms. The lowest BCUT2D eigenvalue weighted by atomic mass is 10.2. The number of hydrogen-bond donors (Lipinski definition) is 3. The minimum absolute atomic E-state index is 0.0487. The number of nitrogens with one attached hydrogen (secondary N) is 3. The van der Waals surface area contributed by atoms with Crippen LogP contribution in [0.25, 0.3) is 0 Å². The van der Waals surface area contributed by atoms with Crippen LogP contribution in [0.1, 0.15) is 13.3 Å². The molecule has 0 atom stereocenters. The highest BCUT2D eigenvalue weighted by Crippen LogP contribution is 2.36. The molecule has 0 aromatic heterocycles. The lowest BCUT2D eigenvalue weighted by Crippen LogP contribution is -2.38. The average Bonchev–Trinajstić information content (AvgIpc) is 2.84. The SMILES string of the molecule is COc1cc(OC)c(S(=O)(=O)Nc2ccc(NC(=O)CCN3CCOCC3)cc2)cc1NC(C)=O. The third kappa shape index (κ3) is 7.31. The van der Waals surface area contributed by atoms with E-state index in [1.165, 1.54) is 33.3 Å². The van der Waals surface area contributed by atoms with Gasteiger partial charge in [-0.25, -0.2) is 8.42 Å². The van der Waals surface area contributed by atoms with Gasteiger partial charge in [0, 0.05) is 50.4 Å². The van der Waals surface area contributed by atoms with E-state index in [4.69, 9.17) is 14.2 Å². The van der Waals surface area contributed by atoms with Crippen molar-refractivity contribution in [3.63, 3.8) is 0 Å². The van der Waals surface area contributed by atoms with Gasteiger partial charge >= 0.3 is 0 Å². The van der Waals surface area contributed by atoms with E-state index in [9.17, 15) is 18.0 Å². The van der Waals surface area contributed by atoms with E-state index in [0.29, 0.717) is 31.9 Å². The standard InChI is InChI=1S/C23H30N4O7S/c1-16(28)24-19-14-22(21(33-3)15-20(19)32-2)35(30,31)26-18-6-4-17(5-7-18)25-23(29)8-9-27-10-12-34-13-11-27/h4-7,14-15,26H,8-13H2,1-3H3,(H,24,28)(H,25,29). The number of morpholine rings is 1. The fourth-order valence-electron chi connectivity index (χ4n) is 3.51. The van der Waals surface area contributed by atoms with E-state index in [-0.39, 0.29) is 39.6 Å². The van der Waals surface area contributed by atoms with Gasteiger partial charge in [0.05, 0.1) is 33.1 Å². The number of carbonyl (C=O) groups is 2. The molecule has 0 unspecified atom stereocenters. The summed E-state index contributed by atoms with van der Waals surface area (Å²) in [6.07, 6.45) is 0.349. The summed E-state index contributed by atoms with van der Waals surface area (Å²) < 4.78 is 44.4. The number of nitrogens with zero attached hydrogens (tertiary/aromatic N) is 1. The summed E-state index contributed by atoms with van der Waals surface area (Å²) >= 11 is 0. The Bertz CT molecular complexity index is 1150. The summed E-state index contributed by atoms with van der Waals surface area (Å²) in [6, 6.07) is 8.95. The van der Waals surface area contributed by atoms with Crippen molar-refractivity contribution in [2.45, 2.75) is 18.2 Å². The van der Waals surface area contributed by atoms with Crippen LogP contribution < -0.4 is 24.8 Å². The second-order valence-electron chi connectivity index (χ2n) is 7.82. The van der Waals surface area contributed by atoms with Crippen molar-refractivity contribution in [1.29, 1.82) is 0 Å². The highest BCUT2D eigenvalue weighted by Gasteiger charge is 2.23. The molecule has 190 valence electrons. The molecule has 12 heteroatoms. The Morgan fingerprint density at radius 1 is 0.971 bits per heavy atom. The molecule has 3 rings (SSSR count). The minimum Gasteiger partial charge on any atom is -0.495 e. The van der Waals surface area contributed by atoms with Crippen LogP contribution in [0.3, 0.4) is 0 Å². The molecule has 2 aromatic carbocycles. The van der Waals surface area contributed by atoms with E-state index < -0.39 is 10.0 Å². The monoisotopic (exact) mass is 506 g/mol. The van der Waals surface area contributed by atoms with Crippen LogP contribution in [0.5, 0.6) is 11.5 Å². The number of ether oxygens (including phenoxy) is 3. The van der Waals surface area contributed by atoms with Gasteiger partial charge in [-0.3, -0.25) is 19.2 Å². The normalized spacial score (nSPS) is 14.1. The number of sulfonamides is 1. The molecule has 2 aromatic rings. The van der Waals surface area contributed by atoms with Crippen LogP contribution in [0.2, 0.25) is 0 Å². The van der Waals surface area contributed by atoms with Crippen LogP contribution in [0.15, 0.2) is 41.3 Å². The first kappa shape index (κ1) is 26.3. The first-order chi connectivity index (χ1) is 16.7. The number of anilines is 3. The van der Waals surface area contributed by atoms with Crippen LogP contribution in [-0.4, -0.2) is 72.2 Å². The zero-order valence-corrected chi connectivity index (χ0v) is 20.7. The van der Waals surface area contributed by atoms with Gasteiger partial charge in [-0.2, -0.15) is 0 Å². The fraction of sp³-hybridized carbons (Fsp3) is 0.391. The van der Waals surface area contributed by atoms with Gasteiger partial charge in [-0.15, -0.1) is 0 Å². The summed E-state index contributed by atoms with van der Waals surface area (Å²) in [6.45, 7) is 4.93. The number of amides is 2.